The monoisotopic (exact) mass is 304 g/mol. The molecular formula is C21H20S. The van der Waals surface area contributed by atoms with Gasteiger partial charge >= 0.3 is 0 Å². The predicted molar refractivity (Wildman–Crippen MR) is 97.1 cm³/mol. The summed E-state index contributed by atoms with van der Waals surface area (Å²) in [7, 11) is 0. The van der Waals surface area contributed by atoms with Crippen molar-refractivity contribution in [3.05, 3.63) is 81.1 Å². The lowest BCUT2D eigenvalue weighted by Gasteiger charge is -2.14. The van der Waals surface area contributed by atoms with Crippen LogP contribution in [0.25, 0.3) is 11.6 Å². The third-order valence-electron chi connectivity index (χ3n) is 4.81. The Morgan fingerprint density at radius 2 is 2.00 bits per heavy atom. The summed E-state index contributed by atoms with van der Waals surface area (Å²) >= 11 is 1.83. The van der Waals surface area contributed by atoms with E-state index >= 15 is 0 Å². The van der Waals surface area contributed by atoms with E-state index in [1.165, 1.54) is 40.0 Å². The highest BCUT2D eigenvalue weighted by Gasteiger charge is 2.22. The molecule has 1 heterocycles. The van der Waals surface area contributed by atoms with E-state index < -0.39 is 0 Å². The van der Waals surface area contributed by atoms with Gasteiger partial charge in [0.2, 0.25) is 0 Å². The van der Waals surface area contributed by atoms with Crippen LogP contribution >= 0.6 is 11.3 Å². The molecule has 1 aromatic heterocycles. The van der Waals surface area contributed by atoms with Crippen LogP contribution in [0.3, 0.4) is 0 Å². The first kappa shape index (κ1) is 13.8. The maximum atomic E-state index is 2.41. The fraction of sp³-hybridized carbons (Fsp3) is 0.238. The number of rotatable bonds is 4. The smallest absolute Gasteiger partial charge is 0.0339 e. The molecule has 2 aliphatic carbocycles. The summed E-state index contributed by atoms with van der Waals surface area (Å²) in [5.41, 5.74) is 7.46. The first-order valence-corrected chi connectivity index (χ1v) is 8.90. The Morgan fingerprint density at radius 1 is 1.09 bits per heavy atom. The van der Waals surface area contributed by atoms with E-state index in [1.807, 2.05) is 11.3 Å². The highest BCUT2D eigenvalue weighted by molar-refractivity contribution is 7.11. The van der Waals surface area contributed by atoms with Gasteiger partial charge in [-0.1, -0.05) is 59.7 Å². The van der Waals surface area contributed by atoms with Gasteiger partial charge in [-0.15, -0.1) is 11.3 Å². The van der Waals surface area contributed by atoms with Gasteiger partial charge in [0.25, 0.3) is 0 Å². The van der Waals surface area contributed by atoms with Crippen molar-refractivity contribution < 1.29 is 0 Å². The van der Waals surface area contributed by atoms with E-state index in [0.29, 0.717) is 5.92 Å². The minimum absolute atomic E-state index is 0.614. The average molecular weight is 304 g/mol. The Balaban J connectivity index is 1.45. The zero-order valence-corrected chi connectivity index (χ0v) is 13.7. The molecule has 1 heteroatoms. The fourth-order valence-electron chi connectivity index (χ4n) is 3.63. The minimum atomic E-state index is 0.614. The topological polar surface area (TPSA) is 0 Å². The Kier molecular flexibility index (Phi) is 3.59. The number of hydrogen-bond donors (Lipinski definition) is 0. The van der Waals surface area contributed by atoms with Crippen LogP contribution in [-0.4, -0.2) is 0 Å². The summed E-state index contributed by atoms with van der Waals surface area (Å²) in [5, 5.41) is 2.16. The van der Waals surface area contributed by atoms with Crippen molar-refractivity contribution in [1.29, 1.82) is 0 Å². The lowest BCUT2D eigenvalue weighted by Crippen LogP contribution is -1.97. The van der Waals surface area contributed by atoms with Crippen molar-refractivity contribution in [3.8, 4) is 0 Å². The van der Waals surface area contributed by atoms with E-state index in [-0.39, 0.29) is 0 Å². The van der Waals surface area contributed by atoms with Crippen molar-refractivity contribution in [2.24, 2.45) is 0 Å². The Morgan fingerprint density at radius 3 is 2.86 bits per heavy atom. The zero-order valence-electron chi connectivity index (χ0n) is 12.9. The highest BCUT2D eigenvalue weighted by Crippen LogP contribution is 2.40. The van der Waals surface area contributed by atoms with Crippen molar-refractivity contribution in [2.45, 2.75) is 32.1 Å². The van der Waals surface area contributed by atoms with Gasteiger partial charge in [0.15, 0.2) is 0 Å². The number of allylic oxidation sites excluding steroid dienone is 5. The Labute approximate surface area is 136 Å². The maximum Gasteiger partial charge on any atom is 0.0339 e. The molecule has 0 saturated heterocycles. The van der Waals surface area contributed by atoms with Gasteiger partial charge in [0.1, 0.15) is 0 Å². The molecule has 110 valence electrons. The van der Waals surface area contributed by atoms with Gasteiger partial charge in [-0.3, -0.25) is 0 Å². The summed E-state index contributed by atoms with van der Waals surface area (Å²) in [4.78, 5) is 1.40. The van der Waals surface area contributed by atoms with Gasteiger partial charge in [-0.2, -0.15) is 0 Å². The summed E-state index contributed by atoms with van der Waals surface area (Å²) in [6.45, 7) is 2.28. The van der Waals surface area contributed by atoms with Crippen LogP contribution in [0, 0.1) is 0 Å². The molecule has 4 rings (SSSR count). The average Bonchev–Trinajstić information content (AvgIpc) is 3.24. The number of benzene rings is 1. The van der Waals surface area contributed by atoms with Crippen LogP contribution < -0.4 is 0 Å². The van der Waals surface area contributed by atoms with E-state index in [0.717, 1.165) is 6.42 Å². The number of fused-ring (bicyclic) bond motifs is 1. The maximum absolute atomic E-state index is 2.41. The molecule has 1 unspecified atom stereocenters. The highest BCUT2D eigenvalue weighted by atomic mass is 32.1. The molecule has 0 spiro atoms. The van der Waals surface area contributed by atoms with Gasteiger partial charge < -0.3 is 0 Å². The normalized spacial score (nSPS) is 19.7. The molecule has 0 N–H and O–H groups in total. The van der Waals surface area contributed by atoms with Crippen LogP contribution in [0.2, 0.25) is 0 Å². The van der Waals surface area contributed by atoms with Crippen molar-refractivity contribution in [3.63, 3.8) is 0 Å². The summed E-state index contributed by atoms with van der Waals surface area (Å²) in [6.07, 6.45) is 10.7. The molecule has 2 aromatic rings. The first-order chi connectivity index (χ1) is 10.8. The number of thiophene rings is 1. The minimum Gasteiger partial charge on any atom is -0.144 e. The van der Waals surface area contributed by atoms with Crippen LogP contribution in [0.15, 0.2) is 65.1 Å². The zero-order chi connectivity index (χ0) is 14.9. The third-order valence-corrected chi connectivity index (χ3v) is 5.73. The summed E-state index contributed by atoms with van der Waals surface area (Å²) in [5.74, 6) is 0.614. The Hall–Kier alpha value is -1.86. The molecule has 0 radical (unpaired) electrons. The largest absolute Gasteiger partial charge is 0.144 e. The van der Waals surface area contributed by atoms with Crippen molar-refractivity contribution >= 4 is 23.0 Å². The number of hydrogen-bond acceptors (Lipinski definition) is 1. The van der Waals surface area contributed by atoms with Gasteiger partial charge in [0, 0.05) is 10.8 Å². The van der Waals surface area contributed by atoms with Gasteiger partial charge in [-0.05, 0) is 54.3 Å². The van der Waals surface area contributed by atoms with Crippen LogP contribution in [0.4, 0.5) is 0 Å². The molecule has 2 aliphatic rings. The lowest BCUT2D eigenvalue weighted by molar-refractivity contribution is 0.705. The Bertz CT molecular complexity index is 772. The second kappa shape index (κ2) is 5.73. The molecule has 0 nitrogen and oxygen atoms in total. The third kappa shape index (κ3) is 2.50. The molecule has 0 amide bonds. The fourth-order valence-corrected chi connectivity index (χ4v) is 4.37. The molecule has 0 aliphatic heterocycles. The van der Waals surface area contributed by atoms with Gasteiger partial charge in [0.05, 0.1) is 0 Å². The summed E-state index contributed by atoms with van der Waals surface area (Å²) < 4.78 is 0. The van der Waals surface area contributed by atoms with Gasteiger partial charge in [-0.25, -0.2) is 0 Å². The first-order valence-electron chi connectivity index (χ1n) is 8.02. The van der Waals surface area contributed by atoms with Crippen molar-refractivity contribution in [1.82, 2.24) is 0 Å². The second-order valence-electron chi connectivity index (χ2n) is 6.25. The van der Waals surface area contributed by atoms with Crippen molar-refractivity contribution in [2.75, 3.05) is 0 Å². The molecule has 0 bridgehead atoms. The molecule has 0 fully saturated rings. The second-order valence-corrected chi connectivity index (χ2v) is 7.20. The van der Waals surface area contributed by atoms with E-state index in [2.05, 4.69) is 66.9 Å². The molecular weight excluding hydrogens is 284 g/mol. The predicted octanol–water partition coefficient (Wildman–Crippen LogP) is 6.44. The molecule has 22 heavy (non-hydrogen) atoms. The van der Waals surface area contributed by atoms with Crippen LogP contribution in [0.5, 0.6) is 0 Å². The van der Waals surface area contributed by atoms with Crippen LogP contribution in [0.1, 0.15) is 48.1 Å². The standard InChI is InChI=1S/C21H20S/c1-15-13-17-5-2-3-6-20(17)19(15)11-9-16-8-10-18(14-16)21-7-4-12-22-21/h2-7,10,12-14,19H,8-9,11H2,1H3. The molecule has 0 saturated carbocycles. The van der Waals surface area contributed by atoms with Crippen LogP contribution in [-0.2, 0) is 0 Å². The molecule has 1 aromatic carbocycles. The molecule has 1 atom stereocenters. The van der Waals surface area contributed by atoms with E-state index in [9.17, 15) is 0 Å². The lowest BCUT2D eigenvalue weighted by atomic mass is 9.90. The quantitative estimate of drug-likeness (QED) is 0.609. The SMILES string of the molecule is CC1=Cc2ccccc2C1CCC1=CC(c2cccs2)=CC1. The summed E-state index contributed by atoms with van der Waals surface area (Å²) in [6, 6.07) is 13.2. The van der Waals surface area contributed by atoms with E-state index in [1.54, 1.807) is 5.57 Å². The van der Waals surface area contributed by atoms with E-state index in [4.69, 9.17) is 0 Å².